The molecule has 5 N–H and O–H groups in total. The van der Waals surface area contributed by atoms with E-state index in [-0.39, 0.29) is 0 Å². The third-order valence-electron chi connectivity index (χ3n) is 0.988. The Bertz CT molecular complexity index is 95.6. The Morgan fingerprint density at radius 1 is 1.60 bits per heavy atom. The third kappa shape index (κ3) is 5.33. The van der Waals surface area contributed by atoms with Crippen LogP contribution in [-0.2, 0) is 0 Å². The molecular weight excluding hydrogens is 132 g/mol. The largest absolute Gasteiger partial charge is 0.343 e. The zero-order valence-electron chi connectivity index (χ0n) is 6.11. The highest BCUT2D eigenvalue weighted by Crippen LogP contribution is 1.79. The van der Waals surface area contributed by atoms with Crippen LogP contribution in [0.4, 0.5) is 4.79 Å². The zero-order chi connectivity index (χ0) is 7.82. The quantitative estimate of drug-likeness (QED) is 0.186. The number of carbonyl (C=O) groups excluding carboxylic acids is 1. The molecule has 0 aromatic rings. The van der Waals surface area contributed by atoms with Crippen molar-refractivity contribution in [1.82, 2.24) is 16.3 Å². The fraction of sp³-hybridized carbons (Fsp3) is 0.800. The van der Waals surface area contributed by atoms with Crippen LogP contribution >= 0.6 is 0 Å². The highest BCUT2D eigenvalue weighted by molar-refractivity contribution is 5.72. The van der Waals surface area contributed by atoms with Crippen LogP contribution in [0.25, 0.3) is 0 Å². The summed E-state index contributed by atoms with van der Waals surface area (Å²) >= 11 is 0. The second kappa shape index (κ2) is 6.31. The summed E-state index contributed by atoms with van der Waals surface area (Å²) in [5.41, 5.74) is 6.97. The van der Waals surface area contributed by atoms with Gasteiger partial charge in [-0.2, -0.15) is 0 Å². The summed E-state index contributed by atoms with van der Waals surface area (Å²) in [6.45, 7) is 2.84. The normalized spacial score (nSPS) is 9.00. The molecule has 0 saturated heterocycles. The molecule has 0 rings (SSSR count). The highest BCUT2D eigenvalue weighted by Gasteiger charge is 1.91. The van der Waals surface area contributed by atoms with Crippen LogP contribution in [0.15, 0.2) is 0 Å². The van der Waals surface area contributed by atoms with Gasteiger partial charge in [-0.3, -0.25) is 10.9 Å². The van der Waals surface area contributed by atoms with Crippen LogP contribution in [-0.4, -0.2) is 12.6 Å². The van der Waals surface area contributed by atoms with Crippen LogP contribution < -0.4 is 22.1 Å². The van der Waals surface area contributed by atoms with Gasteiger partial charge in [0.15, 0.2) is 0 Å². The van der Waals surface area contributed by atoms with E-state index in [1.165, 1.54) is 0 Å². The third-order valence-corrected chi connectivity index (χ3v) is 0.988. The average Bonchev–Trinajstić information content (AvgIpc) is 1.98. The zero-order valence-corrected chi connectivity index (χ0v) is 6.11. The Balaban J connectivity index is 2.96. The first-order chi connectivity index (χ1) is 4.81. The van der Waals surface area contributed by atoms with Crippen molar-refractivity contribution in [2.45, 2.75) is 19.8 Å². The van der Waals surface area contributed by atoms with Crippen molar-refractivity contribution in [2.75, 3.05) is 6.54 Å². The molecule has 0 unspecified atom stereocenters. The molecule has 0 aromatic carbocycles. The van der Waals surface area contributed by atoms with Crippen LogP contribution in [0.5, 0.6) is 0 Å². The number of hydrogen-bond acceptors (Lipinski definition) is 3. The van der Waals surface area contributed by atoms with Crippen molar-refractivity contribution in [1.29, 1.82) is 0 Å². The van der Waals surface area contributed by atoms with Gasteiger partial charge in [-0.05, 0) is 6.42 Å². The van der Waals surface area contributed by atoms with E-state index in [0.29, 0.717) is 0 Å². The SMILES string of the molecule is CCCCNNC(=O)NN. The molecule has 0 radical (unpaired) electrons. The summed E-state index contributed by atoms with van der Waals surface area (Å²) in [4.78, 5) is 10.4. The van der Waals surface area contributed by atoms with E-state index in [0.717, 1.165) is 19.4 Å². The van der Waals surface area contributed by atoms with Gasteiger partial charge in [-0.25, -0.2) is 16.1 Å². The molecule has 5 heteroatoms. The molecule has 0 aliphatic carbocycles. The standard InChI is InChI=1S/C5H14N4O/c1-2-3-4-7-9-5(10)8-6/h7H,2-4,6H2,1H3,(H2,8,9,10). The Labute approximate surface area is 60.3 Å². The minimum absolute atomic E-state index is 0.420. The van der Waals surface area contributed by atoms with Crippen molar-refractivity contribution in [3.8, 4) is 0 Å². The van der Waals surface area contributed by atoms with E-state index in [4.69, 9.17) is 5.84 Å². The molecule has 0 aromatic heterocycles. The topological polar surface area (TPSA) is 79.2 Å². The Morgan fingerprint density at radius 3 is 2.80 bits per heavy atom. The summed E-state index contributed by atoms with van der Waals surface area (Å²) in [6.07, 6.45) is 2.13. The second-order valence-corrected chi connectivity index (χ2v) is 1.88. The fourth-order valence-electron chi connectivity index (χ4n) is 0.444. The van der Waals surface area contributed by atoms with E-state index >= 15 is 0 Å². The number of amides is 2. The molecule has 0 saturated carbocycles. The van der Waals surface area contributed by atoms with Crippen molar-refractivity contribution < 1.29 is 4.79 Å². The number of rotatable bonds is 4. The van der Waals surface area contributed by atoms with Gasteiger partial charge in [0, 0.05) is 6.54 Å². The second-order valence-electron chi connectivity index (χ2n) is 1.88. The van der Waals surface area contributed by atoms with Gasteiger partial charge in [0.05, 0.1) is 0 Å². The highest BCUT2D eigenvalue weighted by atomic mass is 16.2. The Kier molecular flexibility index (Phi) is 5.80. The molecule has 10 heavy (non-hydrogen) atoms. The van der Waals surface area contributed by atoms with Crippen LogP contribution in [0, 0.1) is 0 Å². The first-order valence-electron chi connectivity index (χ1n) is 3.30. The van der Waals surface area contributed by atoms with E-state index in [9.17, 15) is 4.79 Å². The number of unbranched alkanes of at least 4 members (excludes halogenated alkanes) is 1. The van der Waals surface area contributed by atoms with Crippen LogP contribution in [0.3, 0.4) is 0 Å². The van der Waals surface area contributed by atoms with Crippen LogP contribution in [0.1, 0.15) is 19.8 Å². The molecule has 0 heterocycles. The van der Waals surface area contributed by atoms with Gasteiger partial charge in [-0.15, -0.1) is 0 Å². The van der Waals surface area contributed by atoms with Gasteiger partial charge < -0.3 is 0 Å². The van der Waals surface area contributed by atoms with E-state index in [2.05, 4.69) is 17.8 Å². The number of hydrogen-bond donors (Lipinski definition) is 4. The summed E-state index contributed by atoms with van der Waals surface area (Å²) in [6, 6.07) is -0.420. The smallest absolute Gasteiger partial charge is 0.275 e. The summed E-state index contributed by atoms with van der Waals surface area (Å²) in [5, 5.41) is 0. The van der Waals surface area contributed by atoms with Gasteiger partial charge in [0.25, 0.3) is 0 Å². The lowest BCUT2D eigenvalue weighted by Gasteiger charge is -2.03. The number of hydrazine groups is 2. The predicted molar refractivity (Wildman–Crippen MR) is 38.8 cm³/mol. The average molecular weight is 146 g/mol. The molecule has 0 bridgehead atoms. The van der Waals surface area contributed by atoms with Crippen molar-refractivity contribution in [3.63, 3.8) is 0 Å². The monoisotopic (exact) mass is 146 g/mol. The Hall–Kier alpha value is -0.810. The maximum atomic E-state index is 10.4. The van der Waals surface area contributed by atoms with Gasteiger partial charge in [0.1, 0.15) is 0 Å². The first-order valence-corrected chi connectivity index (χ1v) is 3.30. The molecule has 0 fully saturated rings. The Morgan fingerprint density at radius 2 is 2.30 bits per heavy atom. The summed E-state index contributed by atoms with van der Waals surface area (Å²) in [7, 11) is 0. The lowest BCUT2D eigenvalue weighted by molar-refractivity contribution is 0.236. The number of nitrogens with two attached hydrogens (primary N) is 1. The molecule has 5 nitrogen and oxygen atoms in total. The minimum atomic E-state index is -0.420. The summed E-state index contributed by atoms with van der Waals surface area (Å²) < 4.78 is 0. The molecular formula is C5H14N4O. The minimum Gasteiger partial charge on any atom is -0.275 e. The number of urea groups is 1. The number of nitrogens with one attached hydrogen (secondary N) is 3. The van der Waals surface area contributed by atoms with Crippen molar-refractivity contribution >= 4 is 6.03 Å². The van der Waals surface area contributed by atoms with Crippen molar-refractivity contribution in [3.05, 3.63) is 0 Å². The molecule has 60 valence electrons. The van der Waals surface area contributed by atoms with Gasteiger partial charge in [0.2, 0.25) is 0 Å². The maximum absolute atomic E-state index is 10.4. The molecule has 0 atom stereocenters. The molecule has 0 aliphatic rings. The molecule has 0 spiro atoms. The maximum Gasteiger partial charge on any atom is 0.343 e. The first kappa shape index (κ1) is 9.19. The molecule has 2 amide bonds. The lowest BCUT2D eigenvalue weighted by Crippen LogP contribution is -2.47. The molecule has 0 aliphatic heterocycles. The van der Waals surface area contributed by atoms with E-state index in [1.54, 1.807) is 0 Å². The number of carbonyl (C=O) groups is 1. The van der Waals surface area contributed by atoms with E-state index in [1.807, 2.05) is 5.43 Å². The van der Waals surface area contributed by atoms with Gasteiger partial charge >= 0.3 is 6.03 Å². The van der Waals surface area contributed by atoms with Crippen molar-refractivity contribution in [2.24, 2.45) is 5.84 Å². The summed E-state index contributed by atoms with van der Waals surface area (Å²) in [5.74, 6) is 4.78. The van der Waals surface area contributed by atoms with Crippen LogP contribution in [0.2, 0.25) is 0 Å². The fourth-order valence-corrected chi connectivity index (χ4v) is 0.444. The van der Waals surface area contributed by atoms with Gasteiger partial charge in [-0.1, -0.05) is 13.3 Å². The lowest BCUT2D eigenvalue weighted by atomic mass is 10.3. The predicted octanol–water partition coefficient (Wildman–Crippen LogP) is -0.536. The van der Waals surface area contributed by atoms with E-state index < -0.39 is 6.03 Å².